The van der Waals surface area contributed by atoms with Crippen molar-refractivity contribution in [3.05, 3.63) is 12.2 Å². The first-order valence-electron chi connectivity index (χ1n) is 4.24. The second-order valence-electron chi connectivity index (χ2n) is 2.99. The Kier molecular flexibility index (Phi) is 4.02. The van der Waals surface area contributed by atoms with Gasteiger partial charge in [-0.2, -0.15) is 11.8 Å². The molecule has 0 saturated carbocycles. The maximum atomic E-state index is 8.70. The molecule has 11 heavy (non-hydrogen) atoms. The zero-order chi connectivity index (χ0) is 8.10. The van der Waals surface area contributed by atoms with Crippen LogP contribution in [0.1, 0.15) is 25.7 Å². The molecule has 1 fully saturated rings. The van der Waals surface area contributed by atoms with Crippen molar-refractivity contribution in [3.63, 3.8) is 0 Å². The Morgan fingerprint density at radius 3 is 2.91 bits per heavy atom. The van der Waals surface area contributed by atoms with Crippen LogP contribution in [0.4, 0.5) is 0 Å². The van der Waals surface area contributed by atoms with Crippen LogP contribution in [-0.4, -0.2) is 22.7 Å². The van der Waals surface area contributed by atoms with Crippen molar-refractivity contribution in [2.75, 3.05) is 12.4 Å². The number of aliphatic hydroxyl groups excluding tert-OH is 1. The lowest BCUT2D eigenvalue weighted by Gasteiger charge is -2.22. The Labute approximate surface area is 72.9 Å². The normalized spacial score (nSPS) is 25.0. The Balaban J connectivity index is 2.27. The molecule has 0 amide bonds. The first-order valence-corrected chi connectivity index (χ1v) is 5.29. The summed E-state index contributed by atoms with van der Waals surface area (Å²) in [6, 6.07) is 0. The highest BCUT2D eigenvalue weighted by molar-refractivity contribution is 8.00. The molecule has 0 bridgehead atoms. The smallest absolute Gasteiger partial charge is 0.0468 e. The first-order chi connectivity index (χ1) is 5.34. The molecule has 1 saturated heterocycles. The SMILES string of the molecule is C=C(CCO)C1CCCCS1. The molecule has 1 atom stereocenters. The van der Waals surface area contributed by atoms with Crippen LogP contribution in [-0.2, 0) is 0 Å². The van der Waals surface area contributed by atoms with Gasteiger partial charge in [-0.05, 0) is 25.0 Å². The summed E-state index contributed by atoms with van der Waals surface area (Å²) in [5.41, 5.74) is 1.23. The molecular weight excluding hydrogens is 156 g/mol. The maximum Gasteiger partial charge on any atom is 0.0468 e. The van der Waals surface area contributed by atoms with Crippen LogP contribution in [0, 0.1) is 0 Å². The summed E-state index contributed by atoms with van der Waals surface area (Å²) in [5.74, 6) is 1.27. The molecule has 1 nitrogen and oxygen atoms in total. The van der Waals surface area contributed by atoms with Gasteiger partial charge in [0.1, 0.15) is 0 Å². The Morgan fingerprint density at radius 1 is 1.55 bits per heavy atom. The van der Waals surface area contributed by atoms with Gasteiger partial charge < -0.3 is 5.11 Å². The molecule has 0 radical (unpaired) electrons. The molecule has 0 aliphatic carbocycles. The number of thioether (sulfide) groups is 1. The maximum absolute atomic E-state index is 8.70. The molecule has 0 spiro atoms. The molecule has 1 rings (SSSR count). The van der Waals surface area contributed by atoms with Crippen molar-refractivity contribution in [3.8, 4) is 0 Å². The third kappa shape index (κ3) is 2.88. The van der Waals surface area contributed by atoms with E-state index in [9.17, 15) is 0 Å². The zero-order valence-corrected chi connectivity index (χ0v) is 7.70. The molecule has 1 unspecified atom stereocenters. The van der Waals surface area contributed by atoms with Crippen LogP contribution in [0.2, 0.25) is 0 Å². The highest BCUT2D eigenvalue weighted by atomic mass is 32.2. The Morgan fingerprint density at radius 2 is 2.36 bits per heavy atom. The fourth-order valence-electron chi connectivity index (χ4n) is 1.37. The van der Waals surface area contributed by atoms with E-state index in [2.05, 4.69) is 6.58 Å². The topological polar surface area (TPSA) is 20.2 Å². The van der Waals surface area contributed by atoms with E-state index in [1.54, 1.807) is 0 Å². The fourth-order valence-corrected chi connectivity index (χ4v) is 2.71. The molecule has 2 heteroatoms. The van der Waals surface area contributed by atoms with Crippen LogP contribution in [0.5, 0.6) is 0 Å². The lowest BCUT2D eigenvalue weighted by atomic mass is 10.1. The Hall–Kier alpha value is 0.0500. The quantitative estimate of drug-likeness (QED) is 0.659. The summed E-state index contributed by atoms with van der Waals surface area (Å²) in [6.07, 6.45) is 4.75. The largest absolute Gasteiger partial charge is 0.396 e. The monoisotopic (exact) mass is 172 g/mol. The minimum Gasteiger partial charge on any atom is -0.396 e. The van der Waals surface area contributed by atoms with E-state index in [0.717, 1.165) is 6.42 Å². The Bertz CT molecular complexity index is 128. The lowest BCUT2D eigenvalue weighted by Crippen LogP contribution is -2.12. The van der Waals surface area contributed by atoms with Crippen molar-refractivity contribution in [2.45, 2.75) is 30.9 Å². The van der Waals surface area contributed by atoms with E-state index in [0.29, 0.717) is 5.25 Å². The van der Waals surface area contributed by atoms with Crippen LogP contribution in [0.25, 0.3) is 0 Å². The predicted molar refractivity (Wildman–Crippen MR) is 50.9 cm³/mol. The first kappa shape index (κ1) is 9.14. The molecule has 0 aromatic heterocycles. The summed E-state index contributed by atoms with van der Waals surface area (Å²) in [5, 5.41) is 9.33. The van der Waals surface area contributed by atoms with Crippen molar-refractivity contribution >= 4 is 11.8 Å². The minimum atomic E-state index is 0.260. The summed E-state index contributed by atoms with van der Waals surface area (Å²) in [4.78, 5) is 0. The second kappa shape index (κ2) is 4.83. The third-order valence-corrected chi connectivity index (χ3v) is 3.56. The molecule has 0 aromatic rings. The second-order valence-corrected chi connectivity index (χ2v) is 4.30. The molecule has 0 aromatic carbocycles. The molecule has 64 valence electrons. The van der Waals surface area contributed by atoms with Gasteiger partial charge in [0.25, 0.3) is 0 Å². The predicted octanol–water partition coefficient (Wildman–Crippen LogP) is 2.21. The van der Waals surface area contributed by atoms with Crippen LogP contribution >= 0.6 is 11.8 Å². The highest BCUT2D eigenvalue weighted by Gasteiger charge is 2.15. The van der Waals surface area contributed by atoms with Gasteiger partial charge in [-0.3, -0.25) is 0 Å². The van der Waals surface area contributed by atoms with Crippen molar-refractivity contribution < 1.29 is 5.11 Å². The van der Waals surface area contributed by atoms with Gasteiger partial charge in [-0.1, -0.05) is 18.6 Å². The summed E-state index contributed by atoms with van der Waals surface area (Å²) >= 11 is 2.00. The van der Waals surface area contributed by atoms with Crippen molar-refractivity contribution in [2.24, 2.45) is 0 Å². The van der Waals surface area contributed by atoms with Gasteiger partial charge in [0, 0.05) is 11.9 Å². The van der Waals surface area contributed by atoms with Crippen LogP contribution in [0.15, 0.2) is 12.2 Å². The van der Waals surface area contributed by atoms with Gasteiger partial charge in [-0.25, -0.2) is 0 Å². The van der Waals surface area contributed by atoms with Gasteiger partial charge in [0.15, 0.2) is 0 Å². The van der Waals surface area contributed by atoms with E-state index >= 15 is 0 Å². The standard InChI is InChI=1S/C9H16OS/c1-8(5-6-10)9-4-2-3-7-11-9/h9-10H,1-7H2. The average molecular weight is 172 g/mol. The van der Waals surface area contributed by atoms with E-state index in [4.69, 9.17) is 5.11 Å². The van der Waals surface area contributed by atoms with Crippen LogP contribution in [0.3, 0.4) is 0 Å². The highest BCUT2D eigenvalue weighted by Crippen LogP contribution is 2.30. The van der Waals surface area contributed by atoms with Gasteiger partial charge in [0.2, 0.25) is 0 Å². The lowest BCUT2D eigenvalue weighted by molar-refractivity contribution is 0.298. The number of hydrogen-bond donors (Lipinski definition) is 1. The molecule has 1 aliphatic rings. The zero-order valence-electron chi connectivity index (χ0n) is 6.88. The molecular formula is C9H16OS. The fraction of sp³-hybridized carbons (Fsp3) is 0.778. The van der Waals surface area contributed by atoms with E-state index in [1.165, 1.54) is 30.6 Å². The van der Waals surface area contributed by atoms with Crippen molar-refractivity contribution in [1.82, 2.24) is 0 Å². The summed E-state index contributed by atoms with van der Waals surface area (Å²) in [6.45, 7) is 4.25. The van der Waals surface area contributed by atoms with E-state index in [-0.39, 0.29) is 6.61 Å². The molecule has 1 aliphatic heterocycles. The molecule has 1 heterocycles. The van der Waals surface area contributed by atoms with Gasteiger partial charge in [-0.15, -0.1) is 0 Å². The van der Waals surface area contributed by atoms with E-state index in [1.807, 2.05) is 11.8 Å². The van der Waals surface area contributed by atoms with Gasteiger partial charge >= 0.3 is 0 Å². The summed E-state index contributed by atoms with van der Waals surface area (Å²) in [7, 11) is 0. The third-order valence-electron chi connectivity index (χ3n) is 2.07. The van der Waals surface area contributed by atoms with Gasteiger partial charge in [0.05, 0.1) is 0 Å². The minimum absolute atomic E-state index is 0.260. The number of hydrogen-bond acceptors (Lipinski definition) is 2. The van der Waals surface area contributed by atoms with Crippen molar-refractivity contribution in [1.29, 1.82) is 0 Å². The number of rotatable bonds is 3. The van der Waals surface area contributed by atoms with Crippen LogP contribution < -0.4 is 0 Å². The summed E-state index contributed by atoms with van der Waals surface area (Å²) < 4.78 is 0. The van der Waals surface area contributed by atoms with E-state index < -0.39 is 0 Å². The number of aliphatic hydroxyl groups is 1. The average Bonchev–Trinajstić information content (AvgIpc) is 2.07. The molecule has 1 N–H and O–H groups in total.